The van der Waals surface area contributed by atoms with Crippen molar-refractivity contribution in [1.29, 1.82) is 0 Å². The van der Waals surface area contributed by atoms with Gasteiger partial charge in [0, 0.05) is 0 Å². The van der Waals surface area contributed by atoms with E-state index in [2.05, 4.69) is 5.32 Å². The molecular weight excluding hydrogens is 389 g/mol. The smallest absolute Gasteiger partial charge is 0.408 e. The zero-order valence-corrected chi connectivity index (χ0v) is 15.8. The number of nitrogens with one attached hydrogen (secondary N) is 1. The second-order valence-corrected chi connectivity index (χ2v) is 8.65. The third kappa shape index (κ3) is 5.16. The molecular formula is C17H20Cl3NO4. The van der Waals surface area contributed by atoms with Crippen LogP contribution >= 0.6 is 34.8 Å². The molecule has 0 heterocycles. The second kappa shape index (κ2) is 8.47. The SMILES string of the molecule is O=C(N[C@](C(=O)O)(c1ccccc1)C1CCCCC1)OCC(Cl)(Cl)Cl. The van der Waals surface area contributed by atoms with Gasteiger partial charge in [-0.15, -0.1) is 0 Å². The Kier molecular flexibility index (Phi) is 6.83. The summed E-state index contributed by atoms with van der Waals surface area (Å²) < 4.78 is 3.15. The monoisotopic (exact) mass is 407 g/mol. The van der Waals surface area contributed by atoms with Crippen LogP contribution in [0, 0.1) is 5.92 Å². The van der Waals surface area contributed by atoms with E-state index < -0.39 is 28.0 Å². The molecule has 8 heteroatoms. The first kappa shape index (κ1) is 20.1. The van der Waals surface area contributed by atoms with Crippen molar-refractivity contribution in [2.45, 2.75) is 41.4 Å². The fraction of sp³-hybridized carbons (Fsp3) is 0.529. The highest BCUT2D eigenvalue weighted by Gasteiger charge is 2.49. The van der Waals surface area contributed by atoms with Gasteiger partial charge in [-0.05, 0) is 24.3 Å². The number of alkyl carbamates (subject to hydrolysis) is 1. The van der Waals surface area contributed by atoms with Gasteiger partial charge in [0.25, 0.3) is 0 Å². The minimum Gasteiger partial charge on any atom is -0.479 e. The van der Waals surface area contributed by atoms with Crippen molar-refractivity contribution in [3.05, 3.63) is 35.9 Å². The first-order chi connectivity index (χ1) is 11.8. The van der Waals surface area contributed by atoms with Crippen molar-refractivity contribution < 1.29 is 19.4 Å². The molecule has 138 valence electrons. The van der Waals surface area contributed by atoms with E-state index in [1.54, 1.807) is 30.3 Å². The predicted octanol–water partition coefficient (Wildman–Crippen LogP) is 4.64. The Morgan fingerprint density at radius 2 is 1.72 bits per heavy atom. The highest BCUT2D eigenvalue weighted by atomic mass is 35.6. The Morgan fingerprint density at radius 1 is 1.12 bits per heavy atom. The summed E-state index contributed by atoms with van der Waals surface area (Å²) in [6, 6.07) is 8.66. The number of carbonyl (C=O) groups excluding carboxylic acids is 1. The lowest BCUT2D eigenvalue weighted by Gasteiger charge is -2.40. The van der Waals surface area contributed by atoms with Gasteiger partial charge in [-0.3, -0.25) is 0 Å². The van der Waals surface area contributed by atoms with Gasteiger partial charge in [-0.25, -0.2) is 9.59 Å². The summed E-state index contributed by atoms with van der Waals surface area (Å²) in [6.45, 7) is -0.474. The molecule has 0 bridgehead atoms. The summed E-state index contributed by atoms with van der Waals surface area (Å²) in [4.78, 5) is 24.6. The van der Waals surface area contributed by atoms with Crippen molar-refractivity contribution in [1.82, 2.24) is 5.32 Å². The fourth-order valence-corrected chi connectivity index (χ4v) is 3.51. The lowest BCUT2D eigenvalue weighted by atomic mass is 9.71. The average molecular weight is 409 g/mol. The van der Waals surface area contributed by atoms with E-state index in [4.69, 9.17) is 39.5 Å². The fourth-order valence-electron chi connectivity index (χ4n) is 3.34. The van der Waals surface area contributed by atoms with E-state index in [9.17, 15) is 14.7 Å². The maximum Gasteiger partial charge on any atom is 0.408 e. The number of carboxylic acid groups (broad SMARTS) is 1. The van der Waals surface area contributed by atoms with E-state index in [0.717, 1.165) is 19.3 Å². The summed E-state index contributed by atoms with van der Waals surface area (Å²) in [5.74, 6) is -1.38. The highest BCUT2D eigenvalue weighted by molar-refractivity contribution is 6.67. The van der Waals surface area contributed by atoms with E-state index in [1.807, 2.05) is 0 Å². The van der Waals surface area contributed by atoms with Crippen molar-refractivity contribution >= 4 is 46.9 Å². The number of carboxylic acids is 1. The number of alkyl halides is 3. The van der Waals surface area contributed by atoms with Crippen LogP contribution in [0.3, 0.4) is 0 Å². The predicted molar refractivity (Wildman–Crippen MR) is 97.1 cm³/mol. The molecule has 1 aromatic rings. The van der Waals surface area contributed by atoms with Crippen molar-refractivity contribution in [2.75, 3.05) is 6.61 Å². The Morgan fingerprint density at radius 3 is 2.24 bits per heavy atom. The number of amides is 1. The highest BCUT2D eigenvalue weighted by Crippen LogP contribution is 2.40. The molecule has 0 aliphatic heterocycles. The molecule has 1 atom stereocenters. The van der Waals surface area contributed by atoms with Gasteiger partial charge < -0.3 is 15.2 Å². The maximum absolute atomic E-state index is 12.3. The van der Waals surface area contributed by atoms with Crippen LogP contribution in [0.1, 0.15) is 37.7 Å². The topological polar surface area (TPSA) is 75.6 Å². The summed E-state index contributed by atoms with van der Waals surface area (Å²) in [5, 5.41) is 12.6. The van der Waals surface area contributed by atoms with E-state index >= 15 is 0 Å². The van der Waals surface area contributed by atoms with Gasteiger partial charge in [0.2, 0.25) is 3.79 Å². The normalized spacial score (nSPS) is 18.2. The molecule has 1 aliphatic carbocycles. The Bertz CT molecular complexity index is 600. The zero-order chi connectivity index (χ0) is 18.5. The van der Waals surface area contributed by atoms with Crippen molar-refractivity contribution in [3.63, 3.8) is 0 Å². The van der Waals surface area contributed by atoms with Gasteiger partial charge in [0.05, 0.1) is 0 Å². The summed E-state index contributed by atoms with van der Waals surface area (Å²) in [7, 11) is 0. The molecule has 0 unspecified atom stereocenters. The first-order valence-corrected chi connectivity index (χ1v) is 9.19. The average Bonchev–Trinajstić information content (AvgIpc) is 2.58. The minimum absolute atomic E-state index is 0.249. The van der Waals surface area contributed by atoms with Gasteiger partial charge in [0.15, 0.2) is 5.54 Å². The summed E-state index contributed by atoms with van der Waals surface area (Å²) >= 11 is 16.8. The quantitative estimate of drug-likeness (QED) is 0.696. The standard InChI is InChI=1S/C17H20Cl3NO4/c18-16(19,20)11-25-15(24)21-17(14(22)23,12-7-3-1-4-8-12)13-9-5-2-6-10-13/h1,3-4,7-8,13H,2,5-6,9-11H2,(H,21,24)(H,22,23)/t17-/m1/s1. The number of benzene rings is 1. The molecule has 2 N–H and O–H groups in total. The molecule has 1 amide bonds. The molecule has 1 aliphatic rings. The largest absolute Gasteiger partial charge is 0.479 e. The van der Waals surface area contributed by atoms with Crippen LogP contribution in [-0.4, -0.2) is 27.6 Å². The number of carbonyl (C=O) groups is 2. The third-order valence-electron chi connectivity index (χ3n) is 4.45. The number of ether oxygens (including phenoxy) is 1. The molecule has 0 saturated heterocycles. The van der Waals surface area contributed by atoms with Gasteiger partial charge in [0.1, 0.15) is 6.61 Å². The summed E-state index contributed by atoms with van der Waals surface area (Å²) in [6.07, 6.45) is 3.36. The van der Waals surface area contributed by atoms with Crippen molar-refractivity contribution in [3.8, 4) is 0 Å². The number of aliphatic carboxylic acids is 1. The van der Waals surface area contributed by atoms with Gasteiger partial charge >= 0.3 is 12.1 Å². The van der Waals surface area contributed by atoms with Crippen LogP contribution in [0.4, 0.5) is 4.79 Å². The van der Waals surface area contributed by atoms with Gasteiger partial charge in [-0.1, -0.05) is 84.4 Å². The zero-order valence-electron chi connectivity index (χ0n) is 13.5. The van der Waals surface area contributed by atoms with Crippen LogP contribution in [0.25, 0.3) is 0 Å². The number of hydrogen-bond donors (Lipinski definition) is 2. The molecule has 0 radical (unpaired) electrons. The van der Waals surface area contributed by atoms with Crippen LogP contribution in [0.15, 0.2) is 30.3 Å². The first-order valence-electron chi connectivity index (χ1n) is 8.06. The third-order valence-corrected chi connectivity index (χ3v) is 4.78. The molecule has 0 spiro atoms. The van der Waals surface area contributed by atoms with E-state index in [1.165, 1.54) is 0 Å². The maximum atomic E-state index is 12.3. The van der Waals surface area contributed by atoms with E-state index in [0.29, 0.717) is 18.4 Å². The van der Waals surface area contributed by atoms with Crippen LogP contribution < -0.4 is 5.32 Å². The van der Waals surface area contributed by atoms with Crippen LogP contribution in [0.5, 0.6) is 0 Å². The minimum atomic E-state index is -1.76. The summed E-state index contributed by atoms with van der Waals surface area (Å²) in [5.41, 5.74) is -1.08. The second-order valence-electron chi connectivity index (χ2n) is 6.13. The van der Waals surface area contributed by atoms with Crippen LogP contribution in [-0.2, 0) is 15.1 Å². The molecule has 1 aromatic carbocycles. The van der Waals surface area contributed by atoms with Crippen LogP contribution in [0.2, 0.25) is 0 Å². The molecule has 1 fully saturated rings. The van der Waals surface area contributed by atoms with E-state index in [-0.39, 0.29) is 5.92 Å². The lowest BCUT2D eigenvalue weighted by molar-refractivity contribution is -0.148. The number of hydrogen-bond acceptors (Lipinski definition) is 3. The Labute approximate surface area is 161 Å². The molecule has 25 heavy (non-hydrogen) atoms. The number of rotatable bonds is 5. The Hall–Kier alpha value is -1.17. The van der Waals surface area contributed by atoms with Gasteiger partial charge in [-0.2, -0.15) is 0 Å². The Balaban J connectivity index is 2.33. The number of halogens is 3. The molecule has 5 nitrogen and oxygen atoms in total. The molecule has 2 rings (SSSR count). The van der Waals surface area contributed by atoms with Crippen molar-refractivity contribution in [2.24, 2.45) is 5.92 Å². The lowest BCUT2D eigenvalue weighted by Crippen LogP contribution is -2.57. The molecule has 1 saturated carbocycles. The molecule has 0 aromatic heterocycles.